The number of rotatable bonds is 9. The Kier molecular flexibility index (Phi) is 8.58. The fourth-order valence-electron chi connectivity index (χ4n) is 6.82. The molecule has 1 aromatic rings. The zero-order valence-electron chi connectivity index (χ0n) is 24.4. The molecule has 1 spiro atoms. The number of benzene rings is 1. The van der Waals surface area contributed by atoms with E-state index in [-0.39, 0.29) is 42.1 Å². The first-order valence-electron chi connectivity index (χ1n) is 14.9. The lowest BCUT2D eigenvalue weighted by atomic mass is 9.74. The van der Waals surface area contributed by atoms with Crippen LogP contribution in [0.1, 0.15) is 71.8 Å². The van der Waals surface area contributed by atoms with E-state index in [1.54, 1.807) is 12.1 Å². The Morgan fingerprint density at radius 3 is 2.56 bits per heavy atom. The summed E-state index contributed by atoms with van der Waals surface area (Å²) in [5, 5.41) is 6.88. The van der Waals surface area contributed by atoms with Gasteiger partial charge in [0.15, 0.2) is 5.84 Å². The van der Waals surface area contributed by atoms with E-state index in [0.717, 1.165) is 38.5 Å². The van der Waals surface area contributed by atoms with E-state index in [0.29, 0.717) is 34.5 Å². The van der Waals surface area contributed by atoms with Crippen molar-refractivity contribution < 1.29 is 14.0 Å². The van der Waals surface area contributed by atoms with Gasteiger partial charge in [-0.15, -0.1) is 10.6 Å². The molecule has 0 bridgehead atoms. The van der Waals surface area contributed by atoms with E-state index in [1.807, 2.05) is 12.2 Å². The largest absolute Gasteiger partial charge is 0.345 e. The molecule has 1 fully saturated rings. The average Bonchev–Trinajstić information content (AvgIpc) is 3.58. The second kappa shape index (κ2) is 12.1. The van der Waals surface area contributed by atoms with Crippen molar-refractivity contribution in [2.75, 3.05) is 6.54 Å². The van der Waals surface area contributed by atoms with Crippen LogP contribution in [0.2, 0.25) is 0 Å². The Labute approximate surface area is 241 Å². The fourth-order valence-corrected chi connectivity index (χ4v) is 6.82. The second-order valence-electron chi connectivity index (χ2n) is 12.1. The Morgan fingerprint density at radius 1 is 1.22 bits per heavy atom. The molecule has 3 unspecified atom stereocenters. The molecule has 2 aliphatic carbocycles. The van der Waals surface area contributed by atoms with Crippen molar-refractivity contribution in [3.05, 3.63) is 59.4 Å². The van der Waals surface area contributed by atoms with E-state index >= 15 is 0 Å². The van der Waals surface area contributed by atoms with Crippen LogP contribution in [0.15, 0.2) is 58.2 Å². The molecule has 41 heavy (non-hydrogen) atoms. The Balaban J connectivity index is 1.41. The molecule has 5 rings (SSSR count). The highest BCUT2D eigenvalue weighted by Gasteiger charge is 2.53. The number of amidine groups is 1. The van der Waals surface area contributed by atoms with Crippen LogP contribution in [0, 0.1) is 29.5 Å². The molecule has 0 radical (unpaired) electrons. The summed E-state index contributed by atoms with van der Waals surface area (Å²) in [6, 6.07) is 6.03. The van der Waals surface area contributed by atoms with Crippen LogP contribution in [0.5, 0.6) is 0 Å². The van der Waals surface area contributed by atoms with E-state index in [1.165, 1.54) is 12.1 Å². The summed E-state index contributed by atoms with van der Waals surface area (Å²) < 4.78 is 13.8. The van der Waals surface area contributed by atoms with Crippen molar-refractivity contribution >= 4 is 23.4 Å². The normalized spacial score (nSPS) is 28.2. The number of halogens is 1. The fraction of sp³-hybridized carbons (Fsp3) is 0.548. The standard InChI is InChI=1S/C31H42FN7O2/c1-5-6-26(25-12-9-23(17-20(25)4)29(40)33-18-27-35-37-38-36-27)39-30(41)28(22-7-10-24(32)11-8-22)34-31(39)15-13-21(14-16-31)19(2)3/h7-12,17,19-21,25-26,37-38H,5-6,13-16,18H2,1-4H3,(H,33,40)(H,35,36). The monoisotopic (exact) mass is 563 g/mol. The lowest BCUT2D eigenvalue weighted by Crippen LogP contribution is -2.57. The summed E-state index contributed by atoms with van der Waals surface area (Å²) in [6.45, 7) is 9.07. The van der Waals surface area contributed by atoms with Crippen molar-refractivity contribution in [3.63, 3.8) is 0 Å². The van der Waals surface area contributed by atoms with Crippen LogP contribution in [0.4, 0.5) is 4.39 Å². The minimum atomic E-state index is -0.599. The molecule has 1 aromatic carbocycles. The second-order valence-corrected chi connectivity index (χ2v) is 12.1. The maximum atomic E-state index is 14.3. The van der Waals surface area contributed by atoms with Gasteiger partial charge in [-0.1, -0.05) is 52.3 Å². The van der Waals surface area contributed by atoms with E-state index < -0.39 is 5.66 Å². The lowest BCUT2D eigenvalue weighted by Gasteiger charge is -2.48. The molecule has 3 atom stereocenters. The van der Waals surface area contributed by atoms with Gasteiger partial charge < -0.3 is 10.2 Å². The number of aliphatic imine (C=N–C) groups is 1. The number of hydrazine groups is 2. The molecule has 2 heterocycles. The average molecular weight is 564 g/mol. The molecule has 220 valence electrons. The van der Waals surface area contributed by atoms with Crippen LogP contribution in [0.3, 0.4) is 0 Å². The van der Waals surface area contributed by atoms with Gasteiger partial charge in [0.1, 0.15) is 17.2 Å². The van der Waals surface area contributed by atoms with Crippen LogP contribution in [-0.2, 0) is 9.59 Å². The number of allylic oxidation sites excluding steroid dienone is 1. The number of hydrogen-bond acceptors (Lipinski definition) is 7. The van der Waals surface area contributed by atoms with Crippen molar-refractivity contribution in [1.82, 2.24) is 26.7 Å². The van der Waals surface area contributed by atoms with E-state index in [2.05, 4.69) is 65.6 Å². The minimum Gasteiger partial charge on any atom is -0.345 e. The van der Waals surface area contributed by atoms with Gasteiger partial charge in [0.05, 0.1) is 6.54 Å². The number of hydrogen-bond donors (Lipinski definition) is 4. The highest BCUT2D eigenvalue weighted by Crippen LogP contribution is 2.47. The number of nitrogens with one attached hydrogen (secondary N) is 4. The van der Waals surface area contributed by atoms with Gasteiger partial charge in [0, 0.05) is 23.1 Å². The number of carbonyl (C=O) groups excluding carboxylic acids is 2. The van der Waals surface area contributed by atoms with Crippen LogP contribution in [-0.4, -0.2) is 46.5 Å². The molecule has 9 nitrogen and oxygen atoms in total. The van der Waals surface area contributed by atoms with E-state index in [4.69, 9.17) is 4.99 Å². The summed E-state index contributed by atoms with van der Waals surface area (Å²) in [5.74, 6) is 1.29. The number of amides is 2. The summed E-state index contributed by atoms with van der Waals surface area (Å²) in [7, 11) is 0. The number of hydrazone groups is 1. The maximum Gasteiger partial charge on any atom is 0.274 e. The SMILES string of the molecule is CCCC(C1C=CC(C(=O)NCC2=NNNN2)=CC1C)N1C(=O)C(c2ccc(F)cc2)=NC12CCC(C(C)C)CC2. The molecular formula is C31H42FN7O2. The summed E-state index contributed by atoms with van der Waals surface area (Å²) >= 11 is 0. The quantitative estimate of drug-likeness (QED) is 0.364. The van der Waals surface area contributed by atoms with Gasteiger partial charge in [-0.05, 0) is 74.1 Å². The predicted octanol–water partition coefficient (Wildman–Crippen LogP) is 3.96. The van der Waals surface area contributed by atoms with Crippen molar-refractivity contribution in [3.8, 4) is 0 Å². The molecule has 0 aromatic heterocycles. The minimum absolute atomic E-state index is 0.0344. The molecule has 2 aliphatic heterocycles. The van der Waals surface area contributed by atoms with Crippen molar-refractivity contribution in [2.45, 2.75) is 77.9 Å². The summed E-state index contributed by atoms with van der Waals surface area (Å²) in [5.41, 5.74) is 9.15. The maximum absolute atomic E-state index is 14.3. The van der Waals surface area contributed by atoms with Gasteiger partial charge in [-0.3, -0.25) is 20.0 Å². The Hall–Kier alpha value is -3.53. The van der Waals surface area contributed by atoms with Gasteiger partial charge in [0.2, 0.25) is 0 Å². The third-order valence-electron chi connectivity index (χ3n) is 9.12. The highest BCUT2D eigenvalue weighted by atomic mass is 19.1. The smallest absolute Gasteiger partial charge is 0.274 e. The summed E-state index contributed by atoms with van der Waals surface area (Å²) in [6.07, 6.45) is 11.4. The van der Waals surface area contributed by atoms with Crippen molar-refractivity contribution in [1.29, 1.82) is 0 Å². The zero-order valence-corrected chi connectivity index (χ0v) is 24.4. The first-order chi connectivity index (χ1) is 19.7. The molecule has 4 N–H and O–H groups in total. The predicted molar refractivity (Wildman–Crippen MR) is 158 cm³/mol. The topological polar surface area (TPSA) is 110 Å². The first-order valence-corrected chi connectivity index (χ1v) is 14.9. The Bertz CT molecular complexity index is 1260. The van der Waals surface area contributed by atoms with Crippen LogP contribution in [0.25, 0.3) is 0 Å². The third-order valence-corrected chi connectivity index (χ3v) is 9.12. The number of carbonyl (C=O) groups is 2. The molecule has 4 aliphatic rings. The van der Waals surface area contributed by atoms with Gasteiger partial charge in [-0.2, -0.15) is 0 Å². The summed E-state index contributed by atoms with van der Waals surface area (Å²) in [4.78, 5) is 34.5. The first kappa shape index (κ1) is 29.0. The molecular weight excluding hydrogens is 521 g/mol. The van der Waals surface area contributed by atoms with Crippen molar-refractivity contribution in [2.24, 2.45) is 33.8 Å². The molecule has 0 saturated heterocycles. The Morgan fingerprint density at radius 2 is 1.95 bits per heavy atom. The zero-order chi connectivity index (χ0) is 29.1. The molecule has 2 amide bonds. The van der Waals surface area contributed by atoms with E-state index in [9.17, 15) is 14.0 Å². The lowest BCUT2D eigenvalue weighted by molar-refractivity contribution is -0.135. The van der Waals surface area contributed by atoms with Crippen LogP contribution < -0.4 is 21.8 Å². The van der Waals surface area contributed by atoms with Crippen LogP contribution >= 0.6 is 0 Å². The van der Waals surface area contributed by atoms with Gasteiger partial charge in [0.25, 0.3) is 11.8 Å². The third kappa shape index (κ3) is 5.93. The van der Waals surface area contributed by atoms with Gasteiger partial charge in [-0.25, -0.2) is 9.93 Å². The highest BCUT2D eigenvalue weighted by molar-refractivity contribution is 6.46. The number of nitrogens with zero attached hydrogens (tertiary/aromatic N) is 3. The molecule has 1 saturated carbocycles. The van der Waals surface area contributed by atoms with Gasteiger partial charge >= 0.3 is 0 Å². The molecule has 10 heteroatoms.